The average molecular weight is 500 g/mol. The number of nitrogens with one attached hydrogen (secondary N) is 1. The van der Waals surface area contributed by atoms with Crippen molar-refractivity contribution in [3.05, 3.63) is 59.6 Å². The van der Waals surface area contributed by atoms with Crippen LogP contribution < -0.4 is 10.1 Å². The number of carbonyl (C=O) groups is 1. The second kappa shape index (κ2) is 11.1. The van der Waals surface area contributed by atoms with Crippen molar-refractivity contribution in [2.75, 3.05) is 25.0 Å². The molecule has 34 heavy (non-hydrogen) atoms. The Morgan fingerprint density at radius 3 is 2.47 bits per heavy atom. The van der Waals surface area contributed by atoms with Crippen molar-refractivity contribution in [2.24, 2.45) is 0 Å². The number of benzene rings is 2. The molecule has 9 heteroatoms. The van der Waals surface area contributed by atoms with E-state index >= 15 is 0 Å². The van der Waals surface area contributed by atoms with Gasteiger partial charge in [-0.25, -0.2) is 13.4 Å². The molecule has 3 aromatic rings. The summed E-state index contributed by atoms with van der Waals surface area (Å²) < 4.78 is 33.1. The lowest BCUT2D eigenvalue weighted by atomic mass is 10.2. The van der Waals surface area contributed by atoms with Crippen LogP contribution in [0, 0.1) is 0 Å². The van der Waals surface area contributed by atoms with E-state index in [2.05, 4.69) is 10.3 Å². The van der Waals surface area contributed by atoms with Gasteiger partial charge in [0, 0.05) is 24.2 Å². The van der Waals surface area contributed by atoms with Crippen molar-refractivity contribution in [1.82, 2.24) is 9.29 Å². The smallest absolute Gasteiger partial charge is 0.243 e. The number of anilines is 1. The molecule has 1 aliphatic rings. The summed E-state index contributed by atoms with van der Waals surface area (Å²) in [5, 5.41) is 5.50. The van der Waals surface area contributed by atoms with Crippen LogP contribution >= 0.6 is 11.3 Å². The molecule has 0 aliphatic carbocycles. The quantitative estimate of drug-likeness (QED) is 0.474. The van der Waals surface area contributed by atoms with Gasteiger partial charge < -0.3 is 10.1 Å². The zero-order valence-electron chi connectivity index (χ0n) is 19.2. The molecule has 7 nitrogen and oxygen atoms in total. The SMILES string of the molecule is CCOc1ccccc1-c1nc(CC(=O)Nc2ccc(S(=O)(=O)N3CCCCCC3)cc2)cs1. The molecule has 180 valence electrons. The Bertz CT molecular complexity index is 1210. The average Bonchev–Trinajstić information content (AvgIpc) is 3.10. The number of thiazole rings is 1. The van der Waals surface area contributed by atoms with E-state index < -0.39 is 10.0 Å². The van der Waals surface area contributed by atoms with Crippen LogP contribution in [0.4, 0.5) is 5.69 Å². The molecule has 2 aromatic carbocycles. The Morgan fingerprint density at radius 2 is 1.76 bits per heavy atom. The number of ether oxygens (including phenoxy) is 1. The highest BCUT2D eigenvalue weighted by molar-refractivity contribution is 7.89. The highest BCUT2D eigenvalue weighted by Gasteiger charge is 2.25. The molecule has 0 radical (unpaired) electrons. The van der Waals surface area contributed by atoms with E-state index in [-0.39, 0.29) is 17.2 Å². The Kier molecular flexibility index (Phi) is 7.97. The fourth-order valence-electron chi connectivity index (χ4n) is 3.95. The van der Waals surface area contributed by atoms with E-state index in [1.807, 2.05) is 36.6 Å². The van der Waals surface area contributed by atoms with E-state index in [0.29, 0.717) is 31.1 Å². The Morgan fingerprint density at radius 1 is 1.06 bits per heavy atom. The molecule has 1 fully saturated rings. The van der Waals surface area contributed by atoms with Crippen molar-refractivity contribution < 1.29 is 17.9 Å². The number of para-hydroxylation sites is 1. The first-order valence-corrected chi connectivity index (χ1v) is 13.9. The van der Waals surface area contributed by atoms with Crippen LogP contribution in [0.2, 0.25) is 0 Å². The summed E-state index contributed by atoms with van der Waals surface area (Å²) in [6.07, 6.45) is 4.04. The molecule has 1 aromatic heterocycles. The van der Waals surface area contributed by atoms with Gasteiger partial charge >= 0.3 is 0 Å². The highest BCUT2D eigenvalue weighted by Crippen LogP contribution is 2.32. The lowest BCUT2D eigenvalue weighted by molar-refractivity contribution is -0.115. The van der Waals surface area contributed by atoms with Crippen LogP contribution in [0.25, 0.3) is 10.6 Å². The van der Waals surface area contributed by atoms with Crippen molar-refractivity contribution >= 4 is 33.0 Å². The van der Waals surface area contributed by atoms with Crippen LogP contribution in [0.1, 0.15) is 38.3 Å². The van der Waals surface area contributed by atoms with Crippen molar-refractivity contribution in [2.45, 2.75) is 43.9 Å². The van der Waals surface area contributed by atoms with Crippen LogP contribution in [-0.2, 0) is 21.2 Å². The van der Waals surface area contributed by atoms with E-state index in [1.165, 1.54) is 11.3 Å². The Labute approximate surface area is 204 Å². The van der Waals surface area contributed by atoms with Gasteiger partial charge in [-0.2, -0.15) is 4.31 Å². The topological polar surface area (TPSA) is 88.6 Å². The zero-order chi connectivity index (χ0) is 24.0. The van der Waals surface area contributed by atoms with E-state index in [0.717, 1.165) is 42.0 Å². The lowest BCUT2D eigenvalue weighted by Gasteiger charge is -2.20. The van der Waals surface area contributed by atoms with Crippen molar-refractivity contribution in [3.8, 4) is 16.3 Å². The van der Waals surface area contributed by atoms with Crippen LogP contribution in [0.15, 0.2) is 58.8 Å². The molecule has 1 N–H and O–H groups in total. The number of rotatable bonds is 8. The standard InChI is InChI=1S/C25H29N3O4S2/c1-2-32-23-10-6-5-9-22(23)25-27-20(18-33-25)17-24(29)26-19-11-13-21(14-12-19)34(30,31)28-15-7-3-4-8-16-28/h5-6,9-14,18H,2-4,7-8,15-17H2,1H3,(H,26,29). The van der Waals surface area contributed by atoms with Crippen LogP contribution in [0.5, 0.6) is 5.75 Å². The number of aromatic nitrogens is 1. The molecule has 2 heterocycles. The minimum Gasteiger partial charge on any atom is -0.493 e. The molecule has 0 unspecified atom stereocenters. The van der Waals surface area contributed by atoms with Gasteiger partial charge in [0.05, 0.1) is 29.2 Å². The molecule has 0 bridgehead atoms. The number of sulfonamides is 1. The van der Waals surface area contributed by atoms with Gasteiger partial charge in [-0.1, -0.05) is 25.0 Å². The molecular weight excluding hydrogens is 470 g/mol. The first-order chi connectivity index (χ1) is 16.5. The van der Waals surface area contributed by atoms with Crippen LogP contribution in [-0.4, -0.2) is 43.3 Å². The number of hydrogen-bond acceptors (Lipinski definition) is 6. The van der Waals surface area contributed by atoms with E-state index in [9.17, 15) is 13.2 Å². The lowest BCUT2D eigenvalue weighted by Crippen LogP contribution is -2.31. The van der Waals surface area contributed by atoms with Gasteiger partial charge in [0.1, 0.15) is 10.8 Å². The Hall–Kier alpha value is -2.75. The molecule has 4 rings (SSSR count). The van der Waals surface area contributed by atoms with Crippen molar-refractivity contribution in [1.29, 1.82) is 0 Å². The van der Waals surface area contributed by atoms with Gasteiger partial charge in [-0.15, -0.1) is 11.3 Å². The second-order valence-corrected chi connectivity index (χ2v) is 10.9. The third-order valence-corrected chi connectivity index (χ3v) is 8.49. The molecule has 0 atom stereocenters. The summed E-state index contributed by atoms with van der Waals surface area (Å²) in [6, 6.07) is 14.1. The zero-order valence-corrected chi connectivity index (χ0v) is 20.8. The largest absolute Gasteiger partial charge is 0.493 e. The van der Waals surface area contributed by atoms with E-state index in [1.54, 1.807) is 28.6 Å². The third kappa shape index (κ3) is 5.84. The summed E-state index contributed by atoms with van der Waals surface area (Å²) in [4.78, 5) is 17.4. The minimum atomic E-state index is -3.51. The summed E-state index contributed by atoms with van der Waals surface area (Å²) in [7, 11) is -3.51. The second-order valence-electron chi connectivity index (χ2n) is 8.14. The fraction of sp³-hybridized carbons (Fsp3) is 0.360. The fourth-order valence-corrected chi connectivity index (χ4v) is 6.31. The Balaban J connectivity index is 1.39. The minimum absolute atomic E-state index is 0.126. The normalized spacial score (nSPS) is 15.0. The molecular formula is C25H29N3O4S2. The predicted octanol–water partition coefficient (Wildman–Crippen LogP) is 4.95. The van der Waals surface area contributed by atoms with Gasteiger partial charge in [-0.3, -0.25) is 4.79 Å². The maximum Gasteiger partial charge on any atom is 0.243 e. The number of amides is 1. The molecule has 0 spiro atoms. The van der Waals surface area contributed by atoms with Gasteiger partial charge in [0.15, 0.2) is 0 Å². The predicted molar refractivity (Wildman–Crippen MR) is 135 cm³/mol. The third-order valence-electron chi connectivity index (χ3n) is 5.65. The van der Waals surface area contributed by atoms with Gasteiger partial charge in [-0.05, 0) is 56.2 Å². The summed E-state index contributed by atoms with van der Waals surface area (Å²) in [6.45, 7) is 3.62. The van der Waals surface area contributed by atoms with Crippen molar-refractivity contribution in [3.63, 3.8) is 0 Å². The number of hydrogen-bond donors (Lipinski definition) is 1. The van der Waals surface area contributed by atoms with Crippen LogP contribution in [0.3, 0.4) is 0 Å². The maximum atomic E-state index is 12.9. The number of nitrogens with zero attached hydrogens (tertiary/aromatic N) is 2. The first kappa shape index (κ1) is 24.4. The summed E-state index contributed by atoms with van der Waals surface area (Å²) in [5.74, 6) is 0.559. The maximum absolute atomic E-state index is 12.9. The summed E-state index contributed by atoms with van der Waals surface area (Å²) in [5.41, 5.74) is 2.13. The monoisotopic (exact) mass is 499 g/mol. The molecule has 1 amide bonds. The number of carbonyl (C=O) groups excluding carboxylic acids is 1. The van der Waals surface area contributed by atoms with E-state index in [4.69, 9.17) is 4.74 Å². The van der Waals surface area contributed by atoms with Gasteiger partial charge in [0.25, 0.3) is 0 Å². The molecule has 0 saturated carbocycles. The van der Waals surface area contributed by atoms with Gasteiger partial charge in [0.2, 0.25) is 15.9 Å². The first-order valence-electron chi connectivity index (χ1n) is 11.5. The molecule has 1 saturated heterocycles. The highest BCUT2D eigenvalue weighted by atomic mass is 32.2. The molecule has 1 aliphatic heterocycles. The summed E-state index contributed by atoms with van der Waals surface area (Å²) >= 11 is 1.47.